The number of amides is 1. The zero-order chi connectivity index (χ0) is 18.7. The van der Waals surface area contributed by atoms with E-state index in [0.717, 1.165) is 13.1 Å². The molecule has 0 saturated carbocycles. The lowest BCUT2D eigenvalue weighted by Crippen LogP contribution is -2.43. The van der Waals surface area contributed by atoms with E-state index in [1.165, 1.54) is 6.92 Å². The highest BCUT2D eigenvalue weighted by molar-refractivity contribution is 6.08. The van der Waals surface area contributed by atoms with Crippen molar-refractivity contribution in [3.63, 3.8) is 0 Å². The van der Waals surface area contributed by atoms with Crippen molar-refractivity contribution in [2.45, 2.75) is 13.0 Å². The minimum atomic E-state index is -0.641. The Balaban J connectivity index is 1.91. The number of methoxy groups -OCH3 is 1. The fraction of sp³-hybridized carbons (Fsp3) is 0.474. The van der Waals surface area contributed by atoms with Crippen LogP contribution in [0.5, 0.6) is 5.75 Å². The maximum Gasteiger partial charge on any atom is 0.290 e. The number of aliphatic hydroxyl groups is 1. The van der Waals surface area contributed by atoms with Gasteiger partial charge in [0.2, 0.25) is 0 Å². The molecular formula is C19H24N2O5. The molecule has 1 aromatic rings. The van der Waals surface area contributed by atoms with Crippen LogP contribution in [0.25, 0.3) is 0 Å². The van der Waals surface area contributed by atoms with E-state index in [1.54, 1.807) is 18.1 Å². The highest BCUT2D eigenvalue weighted by Crippen LogP contribution is 2.41. The number of benzene rings is 1. The van der Waals surface area contributed by atoms with Crippen molar-refractivity contribution in [3.8, 4) is 5.75 Å². The zero-order valence-corrected chi connectivity index (χ0v) is 15.1. The number of ether oxygens (including phenoxy) is 2. The minimum Gasteiger partial charge on any atom is -0.503 e. The van der Waals surface area contributed by atoms with Crippen molar-refractivity contribution in [1.29, 1.82) is 0 Å². The zero-order valence-electron chi connectivity index (χ0n) is 15.1. The number of hydrogen-bond acceptors (Lipinski definition) is 6. The molecule has 0 spiro atoms. The molecule has 1 amide bonds. The Kier molecular flexibility index (Phi) is 5.58. The van der Waals surface area contributed by atoms with Gasteiger partial charge in [-0.3, -0.25) is 14.5 Å². The number of carbonyl (C=O) groups is 2. The van der Waals surface area contributed by atoms with Crippen LogP contribution in [0.15, 0.2) is 35.6 Å². The van der Waals surface area contributed by atoms with Gasteiger partial charge in [0.1, 0.15) is 5.75 Å². The fourth-order valence-corrected chi connectivity index (χ4v) is 3.53. The first-order chi connectivity index (χ1) is 12.5. The van der Waals surface area contributed by atoms with Crippen LogP contribution < -0.4 is 4.74 Å². The second kappa shape index (κ2) is 7.88. The number of carbonyl (C=O) groups excluding carboxylic acids is 2. The number of aliphatic hydroxyl groups excluding tert-OH is 1. The molecule has 1 N–H and O–H groups in total. The summed E-state index contributed by atoms with van der Waals surface area (Å²) in [5.74, 6) is -0.717. The van der Waals surface area contributed by atoms with E-state index in [0.29, 0.717) is 37.6 Å². The lowest BCUT2D eigenvalue weighted by Gasteiger charge is -2.32. The van der Waals surface area contributed by atoms with Gasteiger partial charge < -0.3 is 19.5 Å². The van der Waals surface area contributed by atoms with Crippen LogP contribution in [-0.4, -0.2) is 73.1 Å². The molecule has 2 aliphatic heterocycles. The second-order valence-corrected chi connectivity index (χ2v) is 6.42. The van der Waals surface area contributed by atoms with Gasteiger partial charge in [0.05, 0.1) is 31.9 Å². The molecule has 0 unspecified atom stereocenters. The fourth-order valence-electron chi connectivity index (χ4n) is 3.53. The van der Waals surface area contributed by atoms with Crippen LogP contribution in [0.4, 0.5) is 0 Å². The standard InChI is InChI=1S/C19H24N2O5/c1-13(22)16-17(14-5-3-4-6-15(14)25-2)21(19(24)18(16)23)8-7-20-9-11-26-12-10-20/h3-6,17,23H,7-12H2,1-2H3/t17-/m1/s1. The van der Waals surface area contributed by atoms with Gasteiger partial charge in [0.15, 0.2) is 11.5 Å². The van der Waals surface area contributed by atoms with Gasteiger partial charge in [-0.15, -0.1) is 0 Å². The van der Waals surface area contributed by atoms with E-state index < -0.39 is 17.7 Å². The predicted octanol–water partition coefficient (Wildman–Crippen LogP) is 1.31. The predicted molar refractivity (Wildman–Crippen MR) is 95.0 cm³/mol. The Bertz CT molecular complexity index is 724. The lowest BCUT2D eigenvalue weighted by molar-refractivity contribution is -0.129. The maximum absolute atomic E-state index is 12.7. The number of morpholine rings is 1. The van der Waals surface area contributed by atoms with Crippen molar-refractivity contribution in [3.05, 3.63) is 41.2 Å². The normalized spacial score (nSPS) is 21.4. The summed E-state index contributed by atoms with van der Waals surface area (Å²) in [4.78, 5) is 28.6. The van der Waals surface area contributed by atoms with Crippen molar-refractivity contribution < 1.29 is 24.2 Å². The Morgan fingerprint density at radius 3 is 2.62 bits per heavy atom. The lowest BCUT2D eigenvalue weighted by atomic mass is 9.96. The smallest absolute Gasteiger partial charge is 0.290 e. The van der Waals surface area contributed by atoms with Gasteiger partial charge in [-0.25, -0.2) is 0 Å². The molecule has 0 radical (unpaired) electrons. The van der Waals surface area contributed by atoms with Gasteiger partial charge in [0.25, 0.3) is 5.91 Å². The molecule has 7 nitrogen and oxygen atoms in total. The van der Waals surface area contributed by atoms with Crippen molar-refractivity contribution in [1.82, 2.24) is 9.80 Å². The minimum absolute atomic E-state index is 0.126. The SMILES string of the molecule is COc1ccccc1[C@@H]1C(C(C)=O)=C(O)C(=O)N1CCN1CCOCC1. The molecule has 0 aliphatic carbocycles. The van der Waals surface area contributed by atoms with Crippen molar-refractivity contribution in [2.24, 2.45) is 0 Å². The molecule has 2 aliphatic rings. The molecule has 1 saturated heterocycles. The topological polar surface area (TPSA) is 79.3 Å². The van der Waals surface area contributed by atoms with Gasteiger partial charge in [-0.1, -0.05) is 18.2 Å². The quantitative estimate of drug-likeness (QED) is 0.824. The summed E-state index contributed by atoms with van der Waals surface area (Å²) in [6.07, 6.45) is 0. The average molecular weight is 360 g/mol. The average Bonchev–Trinajstić information content (AvgIpc) is 2.91. The maximum atomic E-state index is 12.7. The van der Waals surface area contributed by atoms with Crippen LogP contribution in [0, 0.1) is 0 Å². The molecule has 7 heteroatoms. The van der Waals surface area contributed by atoms with E-state index in [9.17, 15) is 14.7 Å². The summed E-state index contributed by atoms with van der Waals surface area (Å²) in [5, 5.41) is 10.3. The largest absolute Gasteiger partial charge is 0.503 e. The number of ketones is 1. The van der Waals surface area contributed by atoms with Gasteiger partial charge in [-0.2, -0.15) is 0 Å². The summed E-state index contributed by atoms with van der Waals surface area (Å²) >= 11 is 0. The van der Waals surface area contributed by atoms with Crippen LogP contribution in [0.2, 0.25) is 0 Å². The summed E-state index contributed by atoms with van der Waals surface area (Å²) in [6, 6.07) is 6.62. The van der Waals surface area contributed by atoms with E-state index in [2.05, 4.69) is 4.90 Å². The van der Waals surface area contributed by atoms with E-state index in [1.807, 2.05) is 18.2 Å². The van der Waals surface area contributed by atoms with Crippen LogP contribution in [0.1, 0.15) is 18.5 Å². The van der Waals surface area contributed by atoms with Gasteiger partial charge >= 0.3 is 0 Å². The van der Waals surface area contributed by atoms with Crippen molar-refractivity contribution in [2.75, 3.05) is 46.5 Å². The van der Waals surface area contributed by atoms with Gasteiger partial charge in [-0.05, 0) is 13.0 Å². The Labute approximate surface area is 152 Å². The molecule has 1 fully saturated rings. The first kappa shape index (κ1) is 18.4. The Morgan fingerprint density at radius 2 is 1.96 bits per heavy atom. The van der Waals surface area contributed by atoms with E-state index in [-0.39, 0.29) is 11.4 Å². The highest BCUT2D eigenvalue weighted by atomic mass is 16.5. The number of Topliss-reactive ketones (excluding diaryl/α,β-unsaturated/α-hetero) is 1. The molecule has 140 valence electrons. The third-order valence-electron chi connectivity index (χ3n) is 4.88. The molecule has 1 aromatic carbocycles. The molecular weight excluding hydrogens is 336 g/mol. The number of para-hydroxylation sites is 1. The molecule has 3 rings (SSSR count). The molecule has 0 aromatic heterocycles. The van der Waals surface area contributed by atoms with Crippen LogP contribution in [0.3, 0.4) is 0 Å². The number of nitrogens with zero attached hydrogens (tertiary/aromatic N) is 2. The third-order valence-corrected chi connectivity index (χ3v) is 4.88. The molecule has 0 bridgehead atoms. The van der Waals surface area contributed by atoms with Crippen molar-refractivity contribution >= 4 is 11.7 Å². The highest BCUT2D eigenvalue weighted by Gasteiger charge is 2.43. The Hall–Kier alpha value is -2.38. The first-order valence-corrected chi connectivity index (χ1v) is 8.72. The molecule has 1 atom stereocenters. The summed E-state index contributed by atoms with van der Waals surface area (Å²) in [7, 11) is 1.55. The van der Waals surface area contributed by atoms with Gasteiger partial charge in [0, 0.05) is 31.7 Å². The van der Waals surface area contributed by atoms with E-state index >= 15 is 0 Å². The Morgan fingerprint density at radius 1 is 1.27 bits per heavy atom. The van der Waals surface area contributed by atoms with Crippen LogP contribution in [-0.2, 0) is 14.3 Å². The first-order valence-electron chi connectivity index (χ1n) is 8.72. The molecule has 26 heavy (non-hydrogen) atoms. The summed E-state index contributed by atoms with van der Waals surface area (Å²) in [6.45, 7) is 5.38. The molecule has 2 heterocycles. The van der Waals surface area contributed by atoms with Crippen LogP contribution >= 0.6 is 0 Å². The number of hydrogen-bond donors (Lipinski definition) is 1. The monoisotopic (exact) mass is 360 g/mol. The third kappa shape index (κ3) is 3.45. The number of rotatable bonds is 6. The summed E-state index contributed by atoms with van der Waals surface area (Å²) < 4.78 is 10.8. The van der Waals surface area contributed by atoms with E-state index in [4.69, 9.17) is 9.47 Å². The summed E-state index contributed by atoms with van der Waals surface area (Å²) in [5.41, 5.74) is 0.820. The second-order valence-electron chi connectivity index (χ2n) is 6.42.